The second-order valence-electron chi connectivity index (χ2n) is 5.79. The van der Waals surface area contributed by atoms with Gasteiger partial charge >= 0.3 is 0 Å². The molecule has 21 heavy (non-hydrogen) atoms. The molecule has 0 bridgehead atoms. The molecule has 2 nitrogen and oxygen atoms in total. The zero-order chi connectivity index (χ0) is 14.5. The molecule has 2 aromatic carbocycles. The third-order valence-corrected chi connectivity index (χ3v) is 4.46. The van der Waals surface area contributed by atoms with Crippen LogP contribution in [-0.4, -0.2) is 38.3 Å². The Hall–Kier alpha value is -1.64. The van der Waals surface area contributed by atoms with Crippen LogP contribution in [-0.2, 0) is 4.74 Å². The number of hydrogen-bond donors (Lipinski definition) is 0. The molecule has 0 amide bonds. The number of likely N-dealkylation sites (tertiary alicyclic amines) is 1. The Labute approximate surface area is 127 Å². The van der Waals surface area contributed by atoms with E-state index in [1.54, 1.807) is 7.11 Å². The molecule has 2 atom stereocenters. The molecule has 0 radical (unpaired) electrons. The van der Waals surface area contributed by atoms with Crippen LogP contribution in [0.1, 0.15) is 23.0 Å². The highest BCUT2D eigenvalue weighted by Crippen LogP contribution is 2.39. The number of ether oxygens (including phenoxy) is 1. The molecule has 0 aromatic heterocycles. The molecule has 0 aliphatic carbocycles. The van der Waals surface area contributed by atoms with E-state index < -0.39 is 0 Å². The zero-order valence-electron chi connectivity index (χ0n) is 12.6. The number of nitrogens with zero attached hydrogens (tertiary/aromatic N) is 1. The lowest BCUT2D eigenvalue weighted by atomic mass is 9.84. The summed E-state index contributed by atoms with van der Waals surface area (Å²) in [5, 5.41) is 0. The SMILES string of the molecule is COCCN1C[C@H](c2ccccc2)[C@@H](c2ccccc2)C1. The fourth-order valence-electron chi connectivity index (χ4n) is 3.36. The van der Waals surface area contributed by atoms with Gasteiger partial charge in [0.2, 0.25) is 0 Å². The van der Waals surface area contributed by atoms with Crippen molar-refractivity contribution in [2.45, 2.75) is 11.8 Å². The Kier molecular flexibility index (Phi) is 4.69. The van der Waals surface area contributed by atoms with Gasteiger partial charge in [0.15, 0.2) is 0 Å². The van der Waals surface area contributed by atoms with Crippen molar-refractivity contribution in [3.63, 3.8) is 0 Å². The predicted octanol–water partition coefficient (Wildman–Crippen LogP) is 3.52. The van der Waals surface area contributed by atoms with Crippen molar-refractivity contribution in [1.82, 2.24) is 4.90 Å². The Bertz CT molecular complexity index is 493. The van der Waals surface area contributed by atoms with Crippen molar-refractivity contribution >= 4 is 0 Å². The maximum absolute atomic E-state index is 5.24. The van der Waals surface area contributed by atoms with Crippen molar-refractivity contribution in [2.24, 2.45) is 0 Å². The fraction of sp³-hybridized carbons (Fsp3) is 0.368. The number of benzene rings is 2. The van der Waals surface area contributed by atoms with Gasteiger partial charge < -0.3 is 4.74 Å². The van der Waals surface area contributed by atoms with Crippen LogP contribution in [0.2, 0.25) is 0 Å². The Balaban J connectivity index is 1.84. The van der Waals surface area contributed by atoms with Crippen LogP contribution in [0, 0.1) is 0 Å². The largest absolute Gasteiger partial charge is 0.383 e. The molecule has 0 N–H and O–H groups in total. The summed E-state index contributed by atoms with van der Waals surface area (Å²) in [5.74, 6) is 1.15. The lowest BCUT2D eigenvalue weighted by Crippen LogP contribution is -2.24. The van der Waals surface area contributed by atoms with E-state index in [1.807, 2.05) is 0 Å². The van der Waals surface area contributed by atoms with Crippen molar-refractivity contribution < 1.29 is 4.74 Å². The van der Waals surface area contributed by atoms with Crippen LogP contribution in [0.15, 0.2) is 60.7 Å². The van der Waals surface area contributed by atoms with Crippen LogP contribution in [0.4, 0.5) is 0 Å². The Morgan fingerprint density at radius 1 is 0.857 bits per heavy atom. The monoisotopic (exact) mass is 281 g/mol. The average Bonchev–Trinajstić information content (AvgIpc) is 2.99. The molecule has 0 saturated carbocycles. The van der Waals surface area contributed by atoms with Gasteiger partial charge in [0.1, 0.15) is 0 Å². The van der Waals surface area contributed by atoms with Crippen molar-refractivity contribution in [1.29, 1.82) is 0 Å². The lowest BCUT2D eigenvalue weighted by molar-refractivity contribution is 0.159. The van der Waals surface area contributed by atoms with E-state index in [0.29, 0.717) is 11.8 Å². The van der Waals surface area contributed by atoms with E-state index >= 15 is 0 Å². The summed E-state index contributed by atoms with van der Waals surface area (Å²) < 4.78 is 5.24. The third-order valence-electron chi connectivity index (χ3n) is 4.46. The Morgan fingerprint density at radius 3 is 1.76 bits per heavy atom. The summed E-state index contributed by atoms with van der Waals surface area (Å²) in [6.07, 6.45) is 0. The van der Waals surface area contributed by atoms with E-state index in [4.69, 9.17) is 4.74 Å². The average molecular weight is 281 g/mol. The first-order valence-electron chi connectivity index (χ1n) is 7.69. The molecular weight excluding hydrogens is 258 g/mol. The summed E-state index contributed by atoms with van der Waals surface area (Å²) in [4.78, 5) is 2.53. The standard InChI is InChI=1S/C19H23NO/c1-21-13-12-20-14-18(16-8-4-2-5-9-16)19(15-20)17-10-6-3-7-11-17/h2-11,18-19H,12-15H2,1H3/t18-,19-/m1/s1. The quantitative estimate of drug-likeness (QED) is 0.831. The molecule has 1 aliphatic rings. The Morgan fingerprint density at radius 2 is 1.33 bits per heavy atom. The smallest absolute Gasteiger partial charge is 0.0589 e. The van der Waals surface area contributed by atoms with Gasteiger partial charge in [0.25, 0.3) is 0 Å². The van der Waals surface area contributed by atoms with E-state index in [2.05, 4.69) is 65.6 Å². The second kappa shape index (κ2) is 6.88. The fourth-order valence-corrected chi connectivity index (χ4v) is 3.36. The van der Waals surface area contributed by atoms with Crippen molar-refractivity contribution in [2.75, 3.05) is 33.4 Å². The van der Waals surface area contributed by atoms with Gasteiger partial charge in [0.05, 0.1) is 6.61 Å². The molecular formula is C19H23NO. The van der Waals surface area contributed by atoms with Crippen LogP contribution < -0.4 is 0 Å². The minimum Gasteiger partial charge on any atom is -0.383 e. The summed E-state index contributed by atoms with van der Waals surface area (Å²) in [7, 11) is 1.78. The summed E-state index contributed by atoms with van der Waals surface area (Å²) in [6, 6.07) is 21.8. The highest BCUT2D eigenvalue weighted by molar-refractivity contribution is 5.31. The lowest BCUT2D eigenvalue weighted by Gasteiger charge is -2.19. The van der Waals surface area contributed by atoms with Crippen LogP contribution in [0.25, 0.3) is 0 Å². The number of methoxy groups -OCH3 is 1. The summed E-state index contributed by atoms with van der Waals surface area (Å²) in [6.45, 7) is 4.06. The topological polar surface area (TPSA) is 12.5 Å². The highest BCUT2D eigenvalue weighted by atomic mass is 16.5. The van der Waals surface area contributed by atoms with Gasteiger partial charge in [0, 0.05) is 38.6 Å². The molecule has 110 valence electrons. The molecule has 3 rings (SSSR count). The molecule has 1 fully saturated rings. The van der Waals surface area contributed by atoms with E-state index in [1.165, 1.54) is 11.1 Å². The molecule has 1 saturated heterocycles. The van der Waals surface area contributed by atoms with Crippen molar-refractivity contribution in [3.05, 3.63) is 71.8 Å². The molecule has 0 spiro atoms. The molecule has 0 unspecified atom stereocenters. The molecule has 1 heterocycles. The minimum atomic E-state index is 0.574. The van der Waals surface area contributed by atoms with E-state index in [0.717, 1.165) is 26.2 Å². The third kappa shape index (κ3) is 3.34. The molecule has 2 heteroatoms. The van der Waals surface area contributed by atoms with Gasteiger partial charge in [-0.05, 0) is 11.1 Å². The normalized spacial score (nSPS) is 22.5. The van der Waals surface area contributed by atoms with E-state index in [-0.39, 0.29) is 0 Å². The van der Waals surface area contributed by atoms with Gasteiger partial charge in [-0.1, -0.05) is 60.7 Å². The van der Waals surface area contributed by atoms with Crippen LogP contribution in [0.3, 0.4) is 0 Å². The van der Waals surface area contributed by atoms with Gasteiger partial charge in [-0.3, -0.25) is 4.90 Å². The zero-order valence-corrected chi connectivity index (χ0v) is 12.6. The number of hydrogen-bond acceptors (Lipinski definition) is 2. The molecule has 1 aliphatic heterocycles. The predicted molar refractivity (Wildman–Crippen MR) is 86.7 cm³/mol. The number of rotatable bonds is 5. The van der Waals surface area contributed by atoms with E-state index in [9.17, 15) is 0 Å². The summed E-state index contributed by atoms with van der Waals surface area (Å²) >= 11 is 0. The summed E-state index contributed by atoms with van der Waals surface area (Å²) in [5.41, 5.74) is 2.90. The maximum Gasteiger partial charge on any atom is 0.0589 e. The van der Waals surface area contributed by atoms with Gasteiger partial charge in [-0.25, -0.2) is 0 Å². The first-order valence-corrected chi connectivity index (χ1v) is 7.69. The van der Waals surface area contributed by atoms with Crippen LogP contribution >= 0.6 is 0 Å². The van der Waals surface area contributed by atoms with Crippen LogP contribution in [0.5, 0.6) is 0 Å². The second-order valence-corrected chi connectivity index (χ2v) is 5.79. The minimum absolute atomic E-state index is 0.574. The molecule has 2 aromatic rings. The van der Waals surface area contributed by atoms with Crippen molar-refractivity contribution in [3.8, 4) is 0 Å². The highest BCUT2D eigenvalue weighted by Gasteiger charge is 2.34. The van der Waals surface area contributed by atoms with Gasteiger partial charge in [-0.15, -0.1) is 0 Å². The first kappa shape index (κ1) is 14.3. The maximum atomic E-state index is 5.24. The van der Waals surface area contributed by atoms with Gasteiger partial charge in [-0.2, -0.15) is 0 Å². The first-order chi connectivity index (χ1) is 10.4.